The van der Waals surface area contributed by atoms with Crippen molar-refractivity contribution in [2.24, 2.45) is 17.3 Å². The van der Waals surface area contributed by atoms with Crippen LogP contribution in [-0.4, -0.2) is 16.5 Å². The van der Waals surface area contributed by atoms with E-state index in [1.165, 1.54) is 0 Å². The third-order valence-electron chi connectivity index (χ3n) is 2.77. The van der Waals surface area contributed by atoms with Crippen LogP contribution >= 0.6 is 11.6 Å². The lowest BCUT2D eigenvalue weighted by atomic mass is 10.1. The largest absolute Gasteiger partial charge is 0.481 e. The Morgan fingerprint density at radius 1 is 1.53 bits per heavy atom. The van der Waals surface area contributed by atoms with Gasteiger partial charge in [-0.25, -0.2) is 4.39 Å². The highest BCUT2D eigenvalue weighted by atomic mass is 35.5. The van der Waals surface area contributed by atoms with E-state index in [1.807, 2.05) is 0 Å². The Labute approximate surface area is 89.7 Å². The fraction of sp³-hybridized carbons (Fsp3) is 0.667. The summed E-state index contributed by atoms with van der Waals surface area (Å²) < 4.78 is 37.3. The van der Waals surface area contributed by atoms with Gasteiger partial charge in [-0.2, -0.15) is 8.78 Å². The summed E-state index contributed by atoms with van der Waals surface area (Å²) in [6.45, 7) is 3.15. The van der Waals surface area contributed by atoms with Gasteiger partial charge in [0, 0.05) is 0 Å². The van der Waals surface area contributed by atoms with Crippen LogP contribution in [0.25, 0.3) is 0 Å². The quantitative estimate of drug-likeness (QED) is 0.773. The molecule has 0 radical (unpaired) electrons. The lowest BCUT2D eigenvalue weighted by Crippen LogP contribution is -2.07. The number of carbonyl (C=O) groups is 1. The molecule has 0 spiro atoms. The normalized spacial score (nSPS) is 30.1. The summed E-state index contributed by atoms with van der Waals surface area (Å²) in [4.78, 5) is 10.6. The topological polar surface area (TPSA) is 37.3 Å². The van der Waals surface area contributed by atoms with E-state index in [2.05, 4.69) is 11.6 Å². The van der Waals surface area contributed by atoms with Gasteiger partial charge in [-0.05, 0) is 29.0 Å². The van der Waals surface area contributed by atoms with E-state index in [4.69, 9.17) is 5.11 Å². The van der Waals surface area contributed by atoms with Crippen molar-refractivity contribution >= 4 is 17.6 Å². The third kappa shape index (κ3) is 2.27. The minimum absolute atomic E-state index is 0.603. The van der Waals surface area contributed by atoms with Crippen LogP contribution in [0.1, 0.15) is 13.8 Å². The predicted molar refractivity (Wildman–Crippen MR) is 48.4 cm³/mol. The van der Waals surface area contributed by atoms with E-state index in [1.54, 1.807) is 13.8 Å². The molecule has 0 aromatic heterocycles. The van der Waals surface area contributed by atoms with Crippen LogP contribution in [0.5, 0.6) is 0 Å². The lowest BCUT2D eigenvalue weighted by molar-refractivity contribution is -0.139. The summed E-state index contributed by atoms with van der Waals surface area (Å²) in [6.07, 6.45) is 0.603. The number of halogens is 4. The van der Waals surface area contributed by atoms with Crippen molar-refractivity contribution in [3.8, 4) is 0 Å². The summed E-state index contributed by atoms with van der Waals surface area (Å²) in [5, 5.41) is 4.65. The molecule has 86 valence electrons. The molecule has 1 aliphatic rings. The molecule has 0 aliphatic heterocycles. The second kappa shape index (κ2) is 3.40. The molecule has 0 heterocycles. The van der Waals surface area contributed by atoms with Gasteiger partial charge in [0.05, 0.1) is 5.92 Å². The number of alkyl halides is 3. The first-order valence-electron chi connectivity index (χ1n) is 4.26. The van der Waals surface area contributed by atoms with Gasteiger partial charge in [-0.15, -0.1) is 0 Å². The molecule has 6 heteroatoms. The molecule has 1 rings (SSSR count). The van der Waals surface area contributed by atoms with Gasteiger partial charge in [-0.1, -0.05) is 13.8 Å². The number of rotatable bonds is 3. The van der Waals surface area contributed by atoms with Crippen molar-refractivity contribution in [2.45, 2.75) is 19.2 Å². The number of allylic oxidation sites excluding steroid dienone is 2. The van der Waals surface area contributed by atoms with Crippen molar-refractivity contribution in [2.75, 3.05) is 0 Å². The fourth-order valence-electron chi connectivity index (χ4n) is 1.71. The Morgan fingerprint density at radius 2 is 2.00 bits per heavy atom. The molecular weight excluding hydrogens is 233 g/mol. The molecule has 0 aromatic rings. The van der Waals surface area contributed by atoms with Crippen LogP contribution in [0.15, 0.2) is 11.9 Å². The standard InChI is InChI=1S/C9H10ClF3O2/c1-8(2)4(6(8)7(14)15)3-5(11)9(10,12)13/h3-4,6H,1-2H3,(H,14,15)/b5-3+/t4-,6-/m0/s1. The van der Waals surface area contributed by atoms with E-state index < -0.39 is 34.4 Å². The summed E-state index contributed by atoms with van der Waals surface area (Å²) in [5.74, 6) is -4.47. The first kappa shape index (κ1) is 12.4. The Balaban J connectivity index is 2.83. The molecule has 1 N–H and O–H groups in total. The highest BCUT2D eigenvalue weighted by Crippen LogP contribution is 2.59. The van der Waals surface area contributed by atoms with Crippen molar-refractivity contribution in [3.63, 3.8) is 0 Å². The zero-order valence-electron chi connectivity index (χ0n) is 8.10. The summed E-state index contributed by atoms with van der Waals surface area (Å²) in [6, 6.07) is 0. The average molecular weight is 243 g/mol. The van der Waals surface area contributed by atoms with Gasteiger partial charge in [-0.3, -0.25) is 4.79 Å². The van der Waals surface area contributed by atoms with Crippen LogP contribution in [0.3, 0.4) is 0 Å². The highest BCUT2D eigenvalue weighted by Gasteiger charge is 2.61. The van der Waals surface area contributed by atoms with Gasteiger partial charge in [0.1, 0.15) is 0 Å². The SMILES string of the molecule is CC1(C)[C@H](C(=O)O)[C@@H]1/C=C(/F)C(F)(F)Cl. The first-order chi connectivity index (χ1) is 6.58. The Kier molecular flexibility index (Phi) is 2.80. The lowest BCUT2D eigenvalue weighted by Gasteiger charge is -2.04. The molecule has 1 saturated carbocycles. The van der Waals surface area contributed by atoms with Crippen LogP contribution in [0.2, 0.25) is 0 Å². The number of hydrogen-bond acceptors (Lipinski definition) is 1. The molecule has 1 aliphatic carbocycles. The van der Waals surface area contributed by atoms with Gasteiger partial charge < -0.3 is 5.11 Å². The molecule has 0 aromatic carbocycles. The second-order valence-electron chi connectivity index (χ2n) is 4.18. The number of aliphatic carboxylic acids is 1. The molecule has 15 heavy (non-hydrogen) atoms. The van der Waals surface area contributed by atoms with Crippen LogP contribution in [0, 0.1) is 17.3 Å². The molecule has 1 fully saturated rings. The Bertz CT molecular complexity index is 320. The van der Waals surface area contributed by atoms with E-state index in [0.717, 1.165) is 0 Å². The minimum atomic E-state index is -4.05. The summed E-state index contributed by atoms with van der Waals surface area (Å²) in [7, 11) is 0. The Hall–Kier alpha value is -0.710. The summed E-state index contributed by atoms with van der Waals surface area (Å²) >= 11 is 4.45. The van der Waals surface area contributed by atoms with E-state index in [0.29, 0.717) is 6.08 Å². The first-order valence-corrected chi connectivity index (χ1v) is 4.63. The van der Waals surface area contributed by atoms with Crippen LogP contribution in [-0.2, 0) is 4.79 Å². The second-order valence-corrected chi connectivity index (χ2v) is 4.65. The maximum atomic E-state index is 12.8. The molecule has 0 bridgehead atoms. The van der Waals surface area contributed by atoms with Gasteiger partial charge in [0.2, 0.25) is 0 Å². The highest BCUT2D eigenvalue weighted by molar-refractivity contribution is 6.23. The smallest absolute Gasteiger partial charge is 0.373 e. The van der Waals surface area contributed by atoms with E-state index in [-0.39, 0.29) is 0 Å². The Morgan fingerprint density at radius 3 is 2.27 bits per heavy atom. The van der Waals surface area contributed by atoms with Crippen molar-refractivity contribution in [3.05, 3.63) is 11.9 Å². The molecule has 0 saturated heterocycles. The average Bonchev–Trinajstić information content (AvgIpc) is 2.50. The maximum absolute atomic E-state index is 12.8. The van der Waals surface area contributed by atoms with E-state index in [9.17, 15) is 18.0 Å². The molecule has 0 unspecified atom stereocenters. The van der Waals surface area contributed by atoms with Crippen molar-refractivity contribution in [1.29, 1.82) is 0 Å². The van der Waals surface area contributed by atoms with E-state index >= 15 is 0 Å². The van der Waals surface area contributed by atoms with Crippen molar-refractivity contribution < 1.29 is 23.1 Å². The fourth-order valence-corrected chi connectivity index (χ4v) is 1.78. The van der Waals surface area contributed by atoms with Gasteiger partial charge in [0.15, 0.2) is 5.83 Å². The van der Waals surface area contributed by atoms with Crippen LogP contribution < -0.4 is 0 Å². The molecule has 2 atom stereocenters. The zero-order valence-corrected chi connectivity index (χ0v) is 8.86. The van der Waals surface area contributed by atoms with Gasteiger partial charge in [0.25, 0.3) is 0 Å². The zero-order chi connectivity index (χ0) is 12.0. The monoisotopic (exact) mass is 242 g/mol. The maximum Gasteiger partial charge on any atom is 0.373 e. The predicted octanol–water partition coefficient (Wildman–Crippen LogP) is 3.03. The number of carboxylic acid groups (broad SMARTS) is 1. The third-order valence-corrected chi connectivity index (χ3v) is 2.95. The number of carboxylic acids is 1. The molecule has 2 nitrogen and oxygen atoms in total. The number of hydrogen-bond donors (Lipinski definition) is 1. The van der Waals surface area contributed by atoms with Gasteiger partial charge >= 0.3 is 11.4 Å². The minimum Gasteiger partial charge on any atom is -0.481 e. The van der Waals surface area contributed by atoms with Crippen LogP contribution in [0.4, 0.5) is 13.2 Å². The van der Waals surface area contributed by atoms with Crippen molar-refractivity contribution in [1.82, 2.24) is 0 Å². The molecule has 0 amide bonds. The summed E-state index contributed by atoms with van der Waals surface area (Å²) in [5.41, 5.74) is -0.703. The molecular formula is C9H10ClF3O2.